The molecule has 39 heavy (non-hydrogen) atoms. The van der Waals surface area contributed by atoms with Crippen LogP contribution < -0.4 is 39.2 Å². The molecule has 0 unspecified atom stereocenters. The summed E-state index contributed by atoms with van der Waals surface area (Å²) in [5.74, 6) is -0.316. The first kappa shape index (κ1) is 29.9. The van der Waals surface area contributed by atoms with Crippen molar-refractivity contribution >= 4 is 35.2 Å². The molecule has 0 aliphatic rings. The number of ether oxygens (including phenoxy) is 1. The van der Waals surface area contributed by atoms with Gasteiger partial charge in [-0.25, -0.2) is 10.2 Å². The maximum atomic E-state index is 12.4. The van der Waals surface area contributed by atoms with Gasteiger partial charge < -0.3 is 17.1 Å². The lowest BCUT2D eigenvalue weighted by Crippen LogP contribution is -3.00. The summed E-state index contributed by atoms with van der Waals surface area (Å²) in [6, 6.07) is 40.5. The summed E-state index contributed by atoms with van der Waals surface area (Å²) in [6.07, 6.45) is 0.314. The minimum atomic E-state index is -2.00. The standard InChI is InChI=1S/C32H33N2O3P.ClH/c1-32(2,3)37-31(36)34-33-30(35)23-25-19-21-26(22-20-25)24-38(27-13-7-4-8-14-27,28-15-9-5-10-16-28)29-17-11-6-12-18-29;/h4-22H,23-24H2,1-3H3,(H-,33,34,35,36);1H. The molecule has 0 aliphatic carbocycles. The number of benzene rings is 4. The number of hydrazine groups is 1. The summed E-state index contributed by atoms with van der Waals surface area (Å²) in [5.41, 5.74) is 6.14. The van der Waals surface area contributed by atoms with Crippen LogP contribution in [0.2, 0.25) is 0 Å². The van der Waals surface area contributed by atoms with Gasteiger partial charge in [-0.2, -0.15) is 0 Å². The lowest BCUT2D eigenvalue weighted by molar-refractivity contribution is -0.121. The molecular weight excluding hydrogens is 527 g/mol. The molecule has 202 valence electrons. The highest BCUT2D eigenvalue weighted by molar-refractivity contribution is 7.95. The lowest BCUT2D eigenvalue weighted by Gasteiger charge is -2.28. The Morgan fingerprint density at radius 1 is 0.641 bits per heavy atom. The maximum absolute atomic E-state index is 12.4. The molecule has 0 aromatic heterocycles. The Morgan fingerprint density at radius 3 is 1.46 bits per heavy atom. The van der Waals surface area contributed by atoms with E-state index in [0.717, 1.165) is 11.7 Å². The minimum Gasteiger partial charge on any atom is -1.00 e. The highest BCUT2D eigenvalue weighted by atomic mass is 35.5. The average molecular weight is 561 g/mol. The normalized spacial score (nSPS) is 11.2. The Bertz CT molecular complexity index is 1250. The molecule has 4 rings (SSSR count). The van der Waals surface area contributed by atoms with Gasteiger partial charge in [0.15, 0.2) is 0 Å². The fourth-order valence-corrected chi connectivity index (χ4v) is 8.70. The Hall–Kier alpha value is -3.66. The van der Waals surface area contributed by atoms with Crippen LogP contribution in [0.4, 0.5) is 4.79 Å². The Balaban J connectivity index is 0.00000420. The third kappa shape index (κ3) is 7.92. The van der Waals surface area contributed by atoms with E-state index in [0.29, 0.717) is 0 Å². The number of amides is 2. The van der Waals surface area contributed by atoms with Gasteiger partial charge in [-0.1, -0.05) is 78.9 Å². The van der Waals surface area contributed by atoms with E-state index in [9.17, 15) is 9.59 Å². The van der Waals surface area contributed by atoms with Crippen LogP contribution in [0.1, 0.15) is 31.9 Å². The van der Waals surface area contributed by atoms with Crippen LogP contribution >= 0.6 is 7.26 Å². The third-order valence-corrected chi connectivity index (χ3v) is 10.5. The van der Waals surface area contributed by atoms with Gasteiger partial charge >= 0.3 is 6.09 Å². The molecule has 2 amide bonds. The van der Waals surface area contributed by atoms with Crippen molar-refractivity contribution in [2.75, 3.05) is 0 Å². The monoisotopic (exact) mass is 560 g/mol. The van der Waals surface area contributed by atoms with Crippen LogP contribution in [0.15, 0.2) is 115 Å². The number of carbonyl (C=O) groups excluding carboxylic acids is 2. The van der Waals surface area contributed by atoms with Gasteiger partial charge in [0, 0.05) is 0 Å². The summed E-state index contributed by atoms with van der Waals surface area (Å²) < 4.78 is 5.15. The smallest absolute Gasteiger partial charge is 0.426 e. The summed E-state index contributed by atoms with van der Waals surface area (Å²) >= 11 is 0. The summed E-state index contributed by atoms with van der Waals surface area (Å²) in [6.45, 7) is 5.29. The molecule has 0 atom stereocenters. The topological polar surface area (TPSA) is 67.4 Å². The molecule has 0 bridgehead atoms. The second-order valence-corrected chi connectivity index (χ2v) is 13.6. The highest BCUT2D eigenvalue weighted by Crippen LogP contribution is 2.58. The zero-order valence-corrected chi connectivity index (χ0v) is 24.1. The van der Waals surface area contributed by atoms with E-state index in [4.69, 9.17) is 4.74 Å². The number of carbonyl (C=O) groups is 2. The molecule has 4 aromatic rings. The SMILES string of the molecule is CC(C)(C)OC(=O)NNC(=O)Cc1ccc(C[P+](c2ccccc2)(c2ccccc2)c2ccccc2)cc1.[Cl-]. The first-order valence-electron chi connectivity index (χ1n) is 12.7. The second kappa shape index (κ2) is 13.4. The molecule has 2 N–H and O–H groups in total. The number of nitrogens with one attached hydrogen (secondary N) is 2. The first-order valence-corrected chi connectivity index (χ1v) is 14.6. The van der Waals surface area contributed by atoms with Crippen molar-refractivity contribution in [1.29, 1.82) is 0 Å². The molecule has 7 heteroatoms. The fraction of sp³-hybridized carbons (Fsp3) is 0.188. The quantitative estimate of drug-likeness (QED) is 0.269. The van der Waals surface area contributed by atoms with E-state index in [1.807, 2.05) is 12.1 Å². The summed E-state index contributed by atoms with van der Waals surface area (Å²) in [4.78, 5) is 24.2. The van der Waals surface area contributed by atoms with E-state index in [1.165, 1.54) is 21.5 Å². The van der Waals surface area contributed by atoms with Crippen LogP contribution in [-0.2, 0) is 22.1 Å². The lowest BCUT2D eigenvalue weighted by atomic mass is 10.1. The molecule has 0 saturated heterocycles. The van der Waals surface area contributed by atoms with Gasteiger partial charge in [-0.05, 0) is 68.3 Å². The molecule has 4 aromatic carbocycles. The van der Waals surface area contributed by atoms with E-state index < -0.39 is 19.0 Å². The van der Waals surface area contributed by atoms with E-state index in [2.05, 4.69) is 114 Å². The predicted octanol–water partition coefficient (Wildman–Crippen LogP) is 2.28. The molecule has 0 radical (unpaired) electrons. The van der Waals surface area contributed by atoms with Gasteiger partial charge in [0.2, 0.25) is 5.91 Å². The molecular formula is C32H34ClN2O3P. The summed E-state index contributed by atoms with van der Waals surface area (Å²) in [7, 11) is -2.00. The molecule has 0 fully saturated rings. The Morgan fingerprint density at radius 2 is 1.05 bits per heavy atom. The van der Waals surface area contributed by atoms with E-state index in [-0.39, 0.29) is 24.7 Å². The van der Waals surface area contributed by atoms with Crippen molar-refractivity contribution in [3.8, 4) is 0 Å². The maximum Gasteiger partial charge on any atom is 0.426 e. The zero-order valence-electron chi connectivity index (χ0n) is 22.4. The molecule has 0 heterocycles. The van der Waals surface area contributed by atoms with Gasteiger partial charge in [-0.15, -0.1) is 0 Å². The van der Waals surface area contributed by atoms with Crippen LogP contribution in [-0.4, -0.2) is 17.6 Å². The molecule has 5 nitrogen and oxygen atoms in total. The largest absolute Gasteiger partial charge is 1.00 e. The number of halogens is 1. The van der Waals surface area contributed by atoms with Crippen molar-refractivity contribution in [2.45, 2.75) is 39.0 Å². The third-order valence-electron chi connectivity index (χ3n) is 6.10. The number of hydrogen-bond acceptors (Lipinski definition) is 3. The van der Waals surface area contributed by atoms with Crippen LogP contribution in [0.5, 0.6) is 0 Å². The number of rotatable bonds is 7. The second-order valence-electron chi connectivity index (χ2n) is 10.1. The Kier molecular flexibility index (Phi) is 10.3. The Labute approximate surface area is 237 Å². The minimum absolute atomic E-state index is 0. The molecule has 0 spiro atoms. The molecule has 0 saturated carbocycles. The fourth-order valence-electron chi connectivity index (χ4n) is 4.46. The number of hydrogen-bond donors (Lipinski definition) is 2. The van der Waals surface area contributed by atoms with Gasteiger partial charge in [0.25, 0.3) is 0 Å². The summed E-state index contributed by atoms with van der Waals surface area (Å²) in [5, 5.41) is 3.98. The highest BCUT2D eigenvalue weighted by Gasteiger charge is 2.45. The zero-order chi connectivity index (χ0) is 27.0. The van der Waals surface area contributed by atoms with E-state index >= 15 is 0 Å². The van der Waals surface area contributed by atoms with Gasteiger partial charge in [0.1, 0.15) is 28.8 Å². The molecule has 0 aliphatic heterocycles. The van der Waals surface area contributed by atoms with Crippen molar-refractivity contribution in [3.05, 3.63) is 126 Å². The van der Waals surface area contributed by atoms with E-state index in [1.54, 1.807) is 20.8 Å². The van der Waals surface area contributed by atoms with Gasteiger partial charge in [0.05, 0.1) is 12.6 Å². The van der Waals surface area contributed by atoms with Crippen LogP contribution in [0.25, 0.3) is 0 Å². The first-order chi connectivity index (χ1) is 18.3. The average Bonchev–Trinajstić information content (AvgIpc) is 2.92. The van der Waals surface area contributed by atoms with Crippen molar-refractivity contribution in [1.82, 2.24) is 10.9 Å². The van der Waals surface area contributed by atoms with Crippen molar-refractivity contribution < 1.29 is 26.7 Å². The van der Waals surface area contributed by atoms with Gasteiger partial charge in [-0.3, -0.25) is 10.2 Å². The van der Waals surface area contributed by atoms with Crippen LogP contribution in [0.3, 0.4) is 0 Å². The predicted molar refractivity (Wildman–Crippen MR) is 157 cm³/mol. The van der Waals surface area contributed by atoms with Crippen molar-refractivity contribution in [2.24, 2.45) is 0 Å². The van der Waals surface area contributed by atoms with Crippen LogP contribution in [0, 0.1) is 0 Å². The van der Waals surface area contributed by atoms with Crippen molar-refractivity contribution in [3.63, 3.8) is 0 Å².